The lowest BCUT2D eigenvalue weighted by Gasteiger charge is -2.52. The largest absolute Gasteiger partial charge is 0.294 e. The number of benzene rings is 4. The first-order valence-electron chi connectivity index (χ1n) is 12.9. The van der Waals surface area contributed by atoms with Crippen LogP contribution in [0, 0.1) is 32.1 Å². The first-order valence-corrected chi connectivity index (χ1v) is 12.9. The number of carbonyl (C=O) groups excluding carboxylic acids is 2. The highest BCUT2D eigenvalue weighted by Gasteiger charge is 2.68. The average Bonchev–Trinajstić information content (AvgIpc) is 3.26. The fraction of sp³-hybridized carbons (Fsp3) is 0.129. The summed E-state index contributed by atoms with van der Waals surface area (Å²) in [5.41, 5.74) is 1.48. The molecule has 2 atom stereocenters. The minimum Gasteiger partial charge on any atom is -0.274 e. The molecule has 4 aromatic carbocycles. The topological polar surface area (TPSA) is 136 Å². The molecule has 0 N–H and O–H groups in total. The van der Waals surface area contributed by atoms with E-state index in [-0.39, 0.29) is 22.7 Å². The molecule has 3 aliphatic carbocycles. The number of hydrogen-bond acceptors (Lipinski definition) is 7. The number of nitro benzene ring substituents is 2. The van der Waals surface area contributed by atoms with Crippen molar-refractivity contribution in [1.29, 1.82) is 0 Å². The third-order valence-corrected chi connectivity index (χ3v) is 8.49. The fourth-order valence-electron chi connectivity index (χ4n) is 6.99. The third-order valence-electron chi connectivity index (χ3n) is 8.49. The van der Waals surface area contributed by atoms with Gasteiger partial charge in [0.05, 0.1) is 27.1 Å². The summed E-state index contributed by atoms with van der Waals surface area (Å²) in [7, 11) is 0. The van der Waals surface area contributed by atoms with Gasteiger partial charge in [0.1, 0.15) is 11.4 Å². The molecule has 8 rings (SSSR count). The lowest BCUT2D eigenvalue weighted by molar-refractivity contribution is -0.384. The van der Waals surface area contributed by atoms with E-state index in [1.807, 2.05) is 48.5 Å². The molecule has 10 heteroatoms. The molecule has 1 saturated heterocycles. The van der Waals surface area contributed by atoms with Crippen LogP contribution in [0.4, 0.5) is 22.7 Å². The monoisotopic (exact) mass is 544 g/mol. The SMILES string of the molecule is O=C1[C@@H]2C3c4ccccc4C(C=Nc4ccccc4[N+](=O)[O-])(c4ccccc43)[C@@H]2C(=O)N1c1ccccc1[N+](=O)[O-]. The Morgan fingerprint density at radius 1 is 0.707 bits per heavy atom. The van der Waals surface area contributed by atoms with Crippen LogP contribution >= 0.6 is 0 Å². The maximum atomic E-state index is 14.4. The van der Waals surface area contributed by atoms with Gasteiger partial charge >= 0.3 is 0 Å². The van der Waals surface area contributed by atoms with Crippen LogP contribution in [-0.2, 0) is 15.0 Å². The Bertz CT molecular complexity index is 1800. The number of imide groups is 1. The molecule has 0 radical (unpaired) electrons. The molecule has 4 aromatic rings. The Kier molecular flexibility index (Phi) is 5.23. The Morgan fingerprint density at radius 3 is 1.88 bits per heavy atom. The molecular formula is C31H20N4O6. The Morgan fingerprint density at radius 2 is 1.24 bits per heavy atom. The zero-order valence-corrected chi connectivity index (χ0v) is 21.3. The van der Waals surface area contributed by atoms with Gasteiger partial charge in [-0.3, -0.25) is 34.8 Å². The number of anilines is 1. The second kappa shape index (κ2) is 8.75. The first kappa shape index (κ1) is 24.5. The Hall–Kier alpha value is -5.51. The minimum absolute atomic E-state index is 0.0831. The number of hydrogen-bond donors (Lipinski definition) is 0. The van der Waals surface area contributed by atoms with E-state index in [0.29, 0.717) is 0 Å². The standard InChI is InChI=1S/C31H20N4O6/c36-29-27-26-18-9-1-3-11-20(18)31(21-12-4-2-10-19(21)26,17-32-22-13-5-6-14-23(22)34(38)39)28(27)30(37)33(29)24-15-7-8-16-25(24)35(40)41/h1-17,26-28H/t26?,27-,28+,31?/m1/s1. The number of rotatable bonds is 5. The summed E-state index contributed by atoms with van der Waals surface area (Å²) in [6.45, 7) is 0. The minimum atomic E-state index is -1.26. The molecule has 2 amide bonds. The fourth-order valence-corrected chi connectivity index (χ4v) is 6.99. The van der Waals surface area contributed by atoms with E-state index in [2.05, 4.69) is 4.99 Å². The van der Waals surface area contributed by atoms with E-state index in [4.69, 9.17) is 0 Å². The van der Waals surface area contributed by atoms with E-state index in [1.54, 1.807) is 24.4 Å². The Labute approximate surface area is 232 Å². The van der Waals surface area contributed by atoms with Crippen molar-refractivity contribution >= 4 is 40.8 Å². The quantitative estimate of drug-likeness (QED) is 0.142. The van der Waals surface area contributed by atoms with Crippen molar-refractivity contribution in [3.8, 4) is 0 Å². The molecule has 1 aliphatic heterocycles. The first-order chi connectivity index (χ1) is 19.9. The van der Waals surface area contributed by atoms with Gasteiger partial charge in [-0.1, -0.05) is 72.8 Å². The van der Waals surface area contributed by atoms with Gasteiger partial charge in [-0.25, -0.2) is 4.90 Å². The van der Waals surface area contributed by atoms with Crippen molar-refractivity contribution in [3.63, 3.8) is 0 Å². The summed E-state index contributed by atoms with van der Waals surface area (Å²) in [6, 6.07) is 26.8. The molecule has 0 unspecified atom stereocenters. The second-order valence-electron chi connectivity index (χ2n) is 10.3. The van der Waals surface area contributed by atoms with Gasteiger partial charge in [0.25, 0.3) is 11.4 Å². The maximum absolute atomic E-state index is 14.4. The zero-order valence-electron chi connectivity index (χ0n) is 21.3. The van der Waals surface area contributed by atoms with Crippen LogP contribution in [0.15, 0.2) is 102 Å². The molecule has 0 spiro atoms. The van der Waals surface area contributed by atoms with Crippen molar-refractivity contribution in [2.24, 2.45) is 16.8 Å². The second-order valence-corrected chi connectivity index (χ2v) is 10.3. The molecule has 1 heterocycles. The number of nitro groups is 2. The molecule has 2 bridgehead atoms. The zero-order chi connectivity index (χ0) is 28.5. The van der Waals surface area contributed by atoms with Crippen LogP contribution in [-0.4, -0.2) is 27.9 Å². The molecule has 200 valence electrons. The van der Waals surface area contributed by atoms with Gasteiger partial charge in [-0.15, -0.1) is 0 Å². The van der Waals surface area contributed by atoms with Crippen LogP contribution in [0.1, 0.15) is 28.2 Å². The smallest absolute Gasteiger partial charge is 0.274 e. The lowest BCUT2D eigenvalue weighted by atomic mass is 9.47. The summed E-state index contributed by atoms with van der Waals surface area (Å²) in [6.07, 6.45) is 1.56. The number of aliphatic imine (C=N–C) groups is 1. The van der Waals surface area contributed by atoms with Crippen molar-refractivity contribution in [2.75, 3.05) is 4.90 Å². The maximum Gasteiger partial charge on any atom is 0.294 e. The molecule has 0 aromatic heterocycles. The van der Waals surface area contributed by atoms with Gasteiger partial charge in [0.15, 0.2) is 0 Å². The summed E-state index contributed by atoms with van der Waals surface area (Å²) in [5.74, 6) is -3.39. The molecular weight excluding hydrogens is 524 g/mol. The number of para-hydroxylation sites is 4. The van der Waals surface area contributed by atoms with Crippen molar-refractivity contribution in [1.82, 2.24) is 0 Å². The van der Waals surface area contributed by atoms with Crippen LogP contribution in [0.2, 0.25) is 0 Å². The molecule has 1 fully saturated rings. The molecule has 4 aliphatic rings. The predicted molar refractivity (Wildman–Crippen MR) is 149 cm³/mol. The van der Waals surface area contributed by atoms with Gasteiger partial charge in [-0.2, -0.15) is 0 Å². The highest BCUT2D eigenvalue weighted by Crippen LogP contribution is 2.64. The van der Waals surface area contributed by atoms with Crippen molar-refractivity contribution < 1.29 is 19.4 Å². The van der Waals surface area contributed by atoms with Crippen LogP contribution in [0.5, 0.6) is 0 Å². The lowest BCUT2D eigenvalue weighted by Crippen LogP contribution is -2.54. The van der Waals surface area contributed by atoms with E-state index in [9.17, 15) is 29.8 Å². The Balaban J connectivity index is 1.51. The van der Waals surface area contributed by atoms with Crippen LogP contribution < -0.4 is 4.90 Å². The summed E-state index contributed by atoms with van der Waals surface area (Å²) in [4.78, 5) is 56.8. The van der Waals surface area contributed by atoms with E-state index < -0.39 is 44.8 Å². The summed E-state index contributed by atoms with van der Waals surface area (Å²) < 4.78 is 0. The van der Waals surface area contributed by atoms with Crippen molar-refractivity contribution in [2.45, 2.75) is 11.3 Å². The number of nitrogens with zero attached hydrogens (tertiary/aromatic N) is 4. The van der Waals surface area contributed by atoms with Gasteiger partial charge in [0, 0.05) is 24.3 Å². The van der Waals surface area contributed by atoms with E-state index in [1.165, 1.54) is 30.3 Å². The predicted octanol–water partition coefficient (Wildman–Crippen LogP) is 5.46. The van der Waals surface area contributed by atoms with Crippen molar-refractivity contribution in [3.05, 3.63) is 140 Å². The molecule has 41 heavy (non-hydrogen) atoms. The highest BCUT2D eigenvalue weighted by molar-refractivity contribution is 6.25. The van der Waals surface area contributed by atoms with Gasteiger partial charge in [-0.05, 0) is 34.4 Å². The van der Waals surface area contributed by atoms with Crippen LogP contribution in [0.25, 0.3) is 0 Å². The molecule has 10 nitrogen and oxygen atoms in total. The molecule has 0 saturated carbocycles. The number of amides is 2. The van der Waals surface area contributed by atoms with Gasteiger partial charge < -0.3 is 0 Å². The van der Waals surface area contributed by atoms with Crippen LogP contribution in [0.3, 0.4) is 0 Å². The summed E-state index contributed by atoms with van der Waals surface area (Å²) in [5, 5.41) is 23.7. The van der Waals surface area contributed by atoms with E-state index >= 15 is 0 Å². The third kappa shape index (κ3) is 3.21. The van der Waals surface area contributed by atoms with E-state index in [0.717, 1.165) is 27.2 Å². The normalized spacial score (nSPS) is 23.8. The highest BCUT2D eigenvalue weighted by atomic mass is 16.6. The summed E-state index contributed by atoms with van der Waals surface area (Å²) >= 11 is 0. The number of carbonyl (C=O) groups is 2. The van der Waals surface area contributed by atoms with Gasteiger partial charge in [0.2, 0.25) is 11.8 Å². The average molecular weight is 545 g/mol.